The van der Waals surface area contributed by atoms with Crippen LogP contribution in [-0.4, -0.2) is 40.0 Å². The number of hydrogen-bond acceptors (Lipinski definition) is 5. The summed E-state index contributed by atoms with van der Waals surface area (Å²) >= 11 is 1.10. The molecule has 0 amide bonds. The topological polar surface area (TPSA) is 104 Å². The normalized spacial score (nSPS) is 12.9. The summed E-state index contributed by atoms with van der Waals surface area (Å²) in [4.78, 5) is 23.3. The van der Waals surface area contributed by atoms with Gasteiger partial charge in [-0.05, 0) is 30.7 Å². The van der Waals surface area contributed by atoms with Gasteiger partial charge in [0.2, 0.25) is 0 Å². The second kappa shape index (κ2) is 12.2. The minimum atomic E-state index is -1.68. The van der Waals surface area contributed by atoms with Gasteiger partial charge in [0.05, 0.1) is 17.4 Å². The first-order chi connectivity index (χ1) is 14.4. The van der Waals surface area contributed by atoms with E-state index < -0.39 is 23.3 Å². The first-order valence-electron chi connectivity index (χ1n) is 10.1. The van der Waals surface area contributed by atoms with E-state index in [1.54, 1.807) is 36.4 Å². The summed E-state index contributed by atoms with van der Waals surface area (Å²) in [7, 11) is 0. The lowest BCUT2D eigenvalue weighted by atomic mass is 10.1. The predicted octanol–water partition coefficient (Wildman–Crippen LogP) is 5.01. The number of ether oxygens (including phenoxy) is 1. The molecule has 0 saturated heterocycles. The van der Waals surface area contributed by atoms with Crippen LogP contribution >= 0.6 is 11.8 Å². The van der Waals surface area contributed by atoms with Crippen LogP contribution in [0.2, 0.25) is 0 Å². The summed E-state index contributed by atoms with van der Waals surface area (Å²) in [5.41, 5.74) is 0.659. The van der Waals surface area contributed by atoms with Gasteiger partial charge in [-0.25, -0.2) is 9.59 Å². The van der Waals surface area contributed by atoms with Crippen LogP contribution in [0.4, 0.5) is 0 Å². The number of aliphatic hydroxyl groups is 1. The third-order valence-electron chi connectivity index (χ3n) is 4.61. The van der Waals surface area contributed by atoms with E-state index >= 15 is 0 Å². The van der Waals surface area contributed by atoms with E-state index in [9.17, 15) is 24.9 Å². The largest absolute Gasteiger partial charge is 0.493 e. The second-order valence-electron chi connectivity index (χ2n) is 6.96. The van der Waals surface area contributed by atoms with E-state index in [0.29, 0.717) is 22.8 Å². The second-order valence-corrected chi connectivity index (χ2v) is 8.17. The molecule has 0 spiro atoms. The molecule has 2 unspecified atom stereocenters. The quantitative estimate of drug-likeness (QED) is 0.302. The number of hydrogen-bond donors (Lipinski definition) is 3. The summed E-state index contributed by atoms with van der Waals surface area (Å²) in [6.07, 6.45) is 3.78. The Morgan fingerprint density at radius 2 is 1.73 bits per heavy atom. The summed E-state index contributed by atoms with van der Waals surface area (Å²) < 4.78 is 5.92. The van der Waals surface area contributed by atoms with Crippen molar-refractivity contribution < 1.29 is 29.6 Å². The van der Waals surface area contributed by atoms with E-state index in [2.05, 4.69) is 6.92 Å². The maximum absolute atomic E-state index is 11.6. The molecule has 0 aliphatic rings. The lowest BCUT2D eigenvalue weighted by Gasteiger charge is -2.23. The molecule has 0 aliphatic heterocycles. The smallest absolute Gasteiger partial charge is 0.335 e. The zero-order valence-corrected chi connectivity index (χ0v) is 17.8. The van der Waals surface area contributed by atoms with Gasteiger partial charge in [0.1, 0.15) is 5.75 Å². The number of aliphatic hydroxyl groups excluding tert-OH is 1. The minimum Gasteiger partial charge on any atom is -0.493 e. The maximum atomic E-state index is 11.6. The van der Waals surface area contributed by atoms with Gasteiger partial charge < -0.3 is 20.1 Å². The Hall–Kier alpha value is -2.51. The van der Waals surface area contributed by atoms with Gasteiger partial charge in [-0.15, -0.1) is 11.8 Å². The summed E-state index contributed by atoms with van der Waals surface area (Å²) in [5, 5.41) is 28.1. The average molecular weight is 433 g/mol. The van der Waals surface area contributed by atoms with Crippen LogP contribution in [0.1, 0.15) is 60.2 Å². The minimum absolute atomic E-state index is 0.0974. The number of aliphatic carboxylic acids is 1. The molecule has 2 aromatic rings. The molecule has 0 bridgehead atoms. The van der Waals surface area contributed by atoms with Gasteiger partial charge in [0, 0.05) is 10.5 Å². The monoisotopic (exact) mass is 432 g/mol. The Kier molecular flexibility index (Phi) is 9.70. The van der Waals surface area contributed by atoms with Gasteiger partial charge in [-0.2, -0.15) is 0 Å². The number of carbonyl (C=O) groups is 2. The molecule has 0 radical (unpaired) electrons. The van der Waals surface area contributed by atoms with Gasteiger partial charge in [-0.1, -0.05) is 56.9 Å². The molecule has 0 aliphatic carbocycles. The first kappa shape index (κ1) is 23.8. The fourth-order valence-corrected chi connectivity index (χ4v) is 4.22. The van der Waals surface area contributed by atoms with Crippen LogP contribution in [0.5, 0.6) is 5.75 Å². The number of benzene rings is 2. The highest BCUT2D eigenvalue weighted by atomic mass is 32.2. The molecule has 0 heterocycles. The van der Waals surface area contributed by atoms with Crippen molar-refractivity contribution in [3.63, 3.8) is 0 Å². The molecule has 6 nitrogen and oxygen atoms in total. The van der Waals surface area contributed by atoms with E-state index in [4.69, 9.17) is 4.74 Å². The van der Waals surface area contributed by atoms with Crippen LogP contribution in [-0.2, 0) is 4.79 Å². The number of thioether (sulfide) groups is 1. The fraction of sp³-hybridized carbons (Fsp3) is 0.391. The molecule has 3 N–H and O–H groups in total. The van der Waals surface area contributed by atoms with Crippen LogP contribution in [0.3, 0.4) is 0 Å². The van der Waals surface area contributed by atoms with E-state index in [0.717, 1.165) is 31.0 Å². The predicted molar refractivity (Wildman–Crippen MR) is 116 cm³/mol. The Morgan fingerprint density at radius 3 is 2.43 bits per heavy atom. The Bertz CT molecular complexity index is 838. The van der Waals surface area contributed by atoms with Gasteiger partial charge in [0.25, 0.3) is 0 Å². The van der Waals surface area contributed by atoms with Crippen LogP contribution < -0.4 is 4.74 Å². The fourth-order valence-electron chi connectivity index (χ4n) is 3.01. The van der Waals surface area contributed by atoms with E-state index in [1.165, 1.54) is 25.0 Å². The summed E-state index contributed by atoms with van der Waals surface area (Å²) in [6.45, 7) is 2.67. The molecule has 162 valence electrons. The van der Waals surface area contributed by atoms with E-state index in [-0.39, 0.29) is 5.56 Å². The molecular weight excluding hydrogens is 404 g/mol. The summed E-state index contributed by atoms with van der Waals surface area (Å²) in [5.74, 6) is -1.89. The van der Waals surface area contributed by atoms with Crippen molar-refractivity contribution >= 4 is 23.7 Å². The summed E-state index contributed by atoms with van der Waals surface area (Å²) in [6, 6.07) is 13.3. The van der Waals surface area contributed by atoms with Crippen LogP contribution in [0.15, 0.2) is 53.4 Å². The molecule has 0 fully saturated rings. The lowest BCUT2D eigenvalue weighted by Crippen LogP contribution is -2.26. The lowest BCUT2D eigenvalue weighted by molar-refractivity contribution is -0.146. The van der Waals surface area contributed by atoms with Crippen molar-refractivity contribution in [2.75, 3.05) is 6.61 Å². The number of carboxylic acids is 2. The molecular formula is C23H28O6S. The third kappa shape index (κ3) is 7.07. The van der Waals surface area contributed by atoms with E-state index in [1.807, 2.05) is 0 Å². The average Bonchev–Trinajstić information content (AvgIpc) is 2.74. The number of carboxylic acid groups (broad SMARTS) is 2. The van der Waals surface area contributed by atoms with Crippen LogP contribution in [0.25, 0.3) is 0 Å². The van der Waals surface area contributed by atoms with Crippen molar-refractivity contribution in [3.8, 4) is 5.75 Å². The van der Waals surface area contributed by atoms with Gasteiger partial charge in [-0.3, -0.25) is 0 Å². The maximum Gasteiger partial charge on any atom is 0.335 e. The Labute approximate surface area is 180 Å². The van der Waals surface area contributed by atoms with Crippen LogP contribution in [0, 0.1) is 0 Å². The zero-order chi connectivity index (χ0) is 21.9. The SMILES string of the molecule is CCCCCCCOc1ccccc1C(Sc1cccc(C(=O)O)c1)C(O)C(=O)O. The highest BCUT2D eigenvalue weighted by Crippen LogP contribution is 2.42. The van der Waals surface area contributed by atoms with Crippen molar-refractivity contribution in [2.24, 2.45) is 0 Å². The van der Waals surface area contributed by atoms with Crippen molar-refractivity contribution in [3.05, 3.63) is 59.7 Å². The Morgan fingerprint density at radius 1 is 1.00 bits per heavy atom. The molecule has 2 rings (SSSR count). The standard InChI is InChI=1S/C23H28O6S/c1-2-3-4-5-8-14-29-19-13-7-6-12-18(19)21(20(24)23(27)28)30-17-11-9-10-16(15-17)22(25)26/h6-7,9-13,15,20-21,24H,2-5,8,14H2,1H3,(H,25,26)(H,27,28). The number of unbranched alkanes of at least 4 members (excludes halogenated alkanes) is 4. The Balaban J connectivity index is 2.22. The van der Waals surface area contributed by atoms with Gasteiger partial charge >= 0.3 is 11.9 Å². The number of para-hydroxylation sites is 1. The number of aromatic carboxylic acids is 1. The zero-order valence-electron chi connectivity index (χ0n) is 17.0. The molecule has 2 atom stereocenters. The molecule has 0 saturated carbocycles. The highest BCUT2D eigenvalue weighted by molar-refractivity contribution is 7.99. The number of rotatable bonds is 13. The molecule has 0 aromatic heterocycles. The van der Waals surface area contributed by atoms with Gasteiger partial charge in [0.15, 0.2) is 6.10 Å². The first-order valence-corrected chi connectivity index (χ1v) is 10.9. The molecule has 2 aromatic carbocycles. The highest BCUT2D eigenvalue weighted by Gasteiger charge is 2.31. The third-order valence-corrected chi connectivity index (χ3v) is 5.91. The van der Waals surface area contributed by atoms with Crippen molar-refractivity contribution in [1.82, 2.24) is 0 Å². The van der Waals surface area contributed by atoms with Crippen molar-refractivity contribution in [1.29, 1.82) is 0 Å². The molecule has 30 heavy (non-hydrogen) atoms. The molecule has 7 heteroatoms. The van der Waals surface area contributed by atoms with Crippen molar-refractivity contribution in [2.45, 2.75) is 55.3 Å².